The third-order valence-electron chi connectivity index (χ3n) is 2.38. The molecule has 0 radical (unpaired) electrons. The zero-order valence-electron chi connectivity index (χ0n) is 11.0. The second-order valence-electron chi connectivity index (χ2n) is 4.85. The van der Waals surface area contributed by atoms with Crippen molar-refractivity contribution in [2.75, 3.05) is 33.2 Å². The molecule has 2 nitrogen and oxygen atoms in total. The zero-order valence-corrected chi connectivity index (χ0v) is 11.0. The van der Waals surface area contributed by atoms with Crippen LogP contribution in [-0.4, -0.2) is 38.1 Å². The molecule has 0 fully saturated rings. The van der Waals surface area contributed by atoms with Crippen LogP contribution in [0.2, 0.25) is 0 Å². The van der Waals surface area contributed by atoms with Gasteiger partial charge in [0.2, 0.25) is 0 Å². The Bertz CT molecular complexity index is 164. The molecule has 0 rings (SSSR count). The first kappa shape index (κ1) is 14.7. The van der Waals surface area contributed by atoms with Crippen LogP contribution in [0.15, 0.2) is 12.2 Å². The largest absolute Gasteiger partial charge is 0.313 e. The molecule has 1 N–H and O–H groups in total. The van der Waals surface area contributed by atoms with Gasteiger partial charge in [-0.3, -0.25) is 0 Å². The predicted octanol–water partition coefficient (Wildman–Crippen LogP) is 2.52. The van der Waals surface area contributed by atoms with E-state index in [0.717, 1.165) is 25.6 Å². The fourth-order valence-corrected chi connectivity index (χ4v) is 1.44. The van der Waals surface area contributed by atoms with Crippen molar-refractivity contribution in [1.29, 1.82) is 0 Å². The number of hydrogen-bond acceptors (Lipinski definition) is 2. The van der Waals surface area contributed by atoms with Gasteiger partial charge in [0.25, 0.3) is 0 Å². The molecule has 0 heterocycles. The Labute approximate surface area is 95.7 Å². The summed E-state index contributed by atoms with van der Waals surface area (Å²) in [5, 5.41) is 3.38. The Morgan fingerprint density at radius 2 is 2.07 bits per heavy atom. The quantitative estimate of drug-likeness (QED) is 0.467. The van der Waals surface area contributed by atoms with Gasteiger partial charge < -0.3 is 10.2 Å². The minimum Gasteiger partial charge on any atom is -0.313 e. The molecule has 15 heavy (non-hydrogen) atoms. The molecule has 0 aromatic carbocycles. The van der Waals surface area contributed by atoms with Crippen LogP contribution < -0.4 is 5.32 Å². The second-order valence-corrected chi connectivity index (χ2v) is 4.85. The van der Waals surface area contributed by atoms with Gasteiger partial charge in [-0.05, 0) is 44.5 Å². The highest BCUT2D eigenvalue weighted by atomic mass is 15.1. The van der Waals surface area contributed by atoms with Crippen molar-refractivity contribution in [2.45, 2.75) is 33.6 Å². The summed E-state index contributed by atoms with van der Waals surface area (Å²) in [5.41, 5.74) is 1.29. The number of nitrogens with one attached hydrogen (secondary N) is 1. The molecule has 0 aromatic rings. The van der Waals surface area contributed by atoms with Gasteiger partial charge in [-0.2, -0.15) is 0 Å². The molecule has 0 aromatic heterocycles. The summed E-state index contributed by atoms with van der Waals surface area (Å²) in [7, 11) is 2.17. The van der Waals surface area contributed by atoms with Crippen molar-refractivity contribution in [3.05, 3.63) is 12.2 Å². The molecule has 0 aliphatic carbocycles. The highest BCUT2D eigenvalue weighted by molar-refractivity contribution is 4.99. The number of hydrogen-bond donors (Lipinski definition) is 1. The fourth-order valence-electron chi connectivity index (χ4n) is 1.44. The predicted molar refractivity (Wildman–Crippen MR) is 69.3 cm³/mol. The van der Waals surface area contributed by atoms with E-state index >= 15 is 0 Å². The SMILES string of the molecule is C=C(CNCCC)CN(C)CCC(C)C. The van der Waals surface area contributed by atoms with E-state index in [1.165, 1.54) is 25.0 Å². The van der Waals surface area contributed by atoms with Crippen LogP contribution in [0.4, 0.5) is 0 Å². The molecule has 0 spiro atoms. The van der Waals surface area contributed by atoms with Crippen molar-refractivity contribution in [3.8, 4) is 0 Å². The summed E-state index contributed by atoms with van der Waals surface area (Å²) in [6, 6.07) is 0. The van der Waals surface area contributed by atoms with E-state index in [1.807, 2.05) is 0 Å². The highest BCUT2D eigenvalue weighted by Gasteiger charge is 2.02. The monoisotopic (exact) mass is 212 g/mol. The van der Waals surface area contributed by atoms with Crippen LogP contribution in [0.5, 0.6) is 0 Å². The Morgan fingerprint density at radius 3 is 2.60 bits per heavy atom. The number of likely N-dealkylation sites (N-methyl/N-ethyl adjacent to an activating group) is 1. The summed E-state index contributed by atoms with van der Waals surface area (Å²) in [6.45, 7) is 15.1. The molecule has 0 bridgehead atoms. The van der Waals surface area contributed by atoms with Gasteiger partial charge in [0.1, 0.15) is 0 Å². The highest BCUT2D eigenvalue weighted by Crippen LogP contribution is 2.02. The molecule has 90 valence electrons. The normalized spacial score (nSPS) is 11.3. The minimum atomic E-state index is 0.791. The van der Waals surface area contributed by atoms with Crippen LogP contribution in [0.3, 0.4) is 0 Å². The lowest BCUT2D eigenvalue weighted by Gasteiger charge is -2.19. The maximum atomic E-state index is 4.09. The van der Waals surface area contributed by atoms with E-state index in [-0.39, 0.29) is 0 Å². The second kappa shape index (κ2) is 8.93. The van der Waals surface area contributed by atoms with E-state index in [4.69, 9.17) is 0 Å². The lowest BCUT2D eigenvalue weighted by Crippen LogP contribution is -2.27. The Kier molecular flexibility index (Phi) is 8.73. The molecule has 0 unspecified atom stereocenters. The van der Waals surface area contributed by atoms with Gasteiger partial charge >= 0.3 is 0 Å². The van der Waals surface area contributed by atoms with Gasteiger partial charge in [0, 0.05) is 13.1 Å². The van der Waals surface area contributed by atoms with Crippen LogP contribution in [0.25, 0.3) is 0 Å². The van der Waals surface area contributed by atoms with Crippen LogP contribution in [-0.2, 0) is 0 Å². The van der Waals surface area contributed by atoms with Crippen LogP contribution in [0.1, 0.15) is 33.6 Å². The van der Waals surface area contributed by atoms with Gasteiger partial charge in [0.15, 0.2) is 0 Å². The van der Waals surface area contributed by atoms with Crippen LogP contribution >= 0.6 is 0 Å². The van der Waals surface area contributed by atoms with Crippen molar-refractivity contribution in [2.24, 2.45) is 5.92 Å². The van der Waals surface area contributed by atoms with E-state index < -0.39 is 0 Å². The standard InChI is InChI=1S/C13H28N2/c1-6-8-14-10-13(4)11-15(5)9-7-12(2)3/h12,14H,4,6-11H2,1-3,5H3. The Balaban J connectivity index is 3.49. The van der Waals surface area contributed by atoms with Crippen molar-refractivity contribution in [3.63, 3.8) is 0 Å². The van der Waals surface area contributed by atoms with Crippen molar-refractivity contribution in [1.82, 2.24) is 10.2 Å². The Morgan fingerprint density at radius 1 is 1.40 bits per heavy atom. The van der Waals surface area contributed by atoms with Gasteiger partial charge in [0.05, 0.1) is 0 Å². The number of rotatable bonds is 9. The summed E-state index contributed by atoms with van der Waals surface area (Å²) in [4.78, 5) is 2.36. The van der Waals surface area contributed by atoms with Gasteiger partial charge in [-0.15, -0.1) is 0 Å². The molecular weight excluding hydrogens is 184 g/mol. The average Bonchev–Trinajstić information content (AvgIpc) is 2.15. The third-order valence-corrected chi connectivity index (χ3v) is 2.38. The van der Waals surface area contributed by atoms with E-state index in [9.17, 15) is 0 Å². The van der Waals surface area contributed by atoms with E-state index in [1.54, 1.807) is 0 Å². The summed E-state index contributed by atoms with van der Waals surface area (Å²) >= 11 is 0. The fraction of sp³-hybridized carbons (Fsp3) is 0.846. The molecular formula is C13H28N2. The average molecular weight is 212 g/mol. The third kappa shape index (κ3) is 9.95. The Hall–Kier alpha value is -0.340. The topological polar surface area (TPSA) is 15.3 Å². The van der Waals surface area contributed by atoms with Crippen molar-refractivity contribution < 1.29 is 0 Å². The first-order chi connectivity index (χ1) is 7.06. The summed E-state index contributed by atoms with van der Waals surface area (Å²) < 4.78 is 0. The summed E-state index contributed by atoms with van der Waals surface area (Å²) in [5.74, 6) is 0.791. The van der Waals surface area contributed by atoms with Crippen LogP contribution in [0, 0.1) is 5.92 Å². The first-order valence-corrected chi connectivity index (χ1v) is 6.12. The minimum absolute atomic E-state index is 0.791. The molecule has 0 saturated heterocycles. The maximum absolute atomic E-state index is 4.09. The zero-order chi connectivity index (χ0) is 11.7. The first-order valence-electron chi connectivity index (χ1n) is 6.12. The molecule has 0 atom stereocenters. The smallest absolute Gasteiger partial charge is 0.0199 e. The molecule has 0 aliphatic heterocycles. The maximum Gasteiger partial charge on any atom is 0.0199 e. The molecule has 0 aliphatic rings. The lowest BCUT2D eigenvalue weighted by atomic mass is 10.1. The molecule has 2 heteroatoms. The summed E-state index contributed by atoms with van der Waals surface area (Å²) in [6.07, 6.45) is 2.46. The van der Waals surface area contributed by atoms with Crippen molar-refractivity contribution >= 4 is 0 Å². The number of nitrogens with zero attached hydrogens (tertiary/aromatic N) is 1. The lowest BCUT2D eigenvalue weighted by molar-refractivity contribution is 0.331. The molecule has 0 saturated carbocycles. The van der Waals surface area contributed by atoms with Gasteiger partial charge in [-0.25, -0.2) is 0 Å². The van der Waals surface area contributed by atoms with E-state index in [0.29, 0.717) is 0 Å². The van der Waals surface area contributed by atoms with Gasteiger partial charge in [-0.1, -0.05) is 27.4 Å². The van der Waals surface area contributed by atoms with E-state index in [2.05, 4.69) is 44.6 Å². The molecule has 0 amide bonds.